The van der Waals surface area contributed by atoms with Crippen LogP contribution < -0.4 is 15.5 Å². The molecule has 9 nitrogen and oxygen atoms in total. The summed E-state index contributed by atoms with van der Waals surface area (Å²) in [5, 5.41) is 4.79. The zero-order valence-electron chi connectivity index (χ0n) is 17.3. The second-order valence-electron chi connectivity index (χ2n) is 7.91. The lowest BCUT2D eigenvalue weighted by atomic mass is 9.89. The zero-order valence-corrected chi connectivity index (χ0v) is 17.3. The second kappa shape index (κ2) is 8.48. The number of anilines is 1. The van der Waals surface area contributed by atoms with Crippen molar-refractivity contribution in [2.24, 2.45) is 0 Å². The van der Waals surface area contributed by atoms with Crippen LogP contribution in [0.4, 0.5) is 19.3 Å². The molecule has 1 aromatic carbocycles. The third-order valence-corrected chi connectivity index (χ3v) is 5.82. The summed E-state index contributed by atoms with van der Waals surface area (Å²) in [5.74, 6) is -2.09. The first-order chi connectivity index (χ1) is 15.3. The summed E-state index contributed by atoms with van der Waals surface area (Å²) in [6.07, 6.45) is 4.25. The maximum Gasteiger partial charge on any atom is 0.322 e. The SMILES string of the molecule is C[C@H]1CN(C(=O)CCC2(c3cnccn3)NC(=O)NC2=O)CCN1c1cc(F)cc(F)c1. The number of amides is 4. The maximum atomic E-state index is 13.6. The number of carbonyl (C=O) groups is 3. The van der Waals surface area contributed by atoms with Crippen LogP contribution in [0, 0.1) is 11.6 Å². The van der Waals surface area contributed by atoms with E-state index in [2.05, 4.69) is 20.6 Å². The van der Waals surface area contributed by atoms with E-state index in [-0.39, 0.29) is 30.5 Å². The Balaban J connectivity index is 1.43. The number of hydrogen-bond acceptors (Lipinski definition) is 6. The van der Waals surface area contributed by atoms with Crippen LogP contribution in [0.2, 0.25) is 0 Å². The van der Waals surface area contributed by atoms with Gasteiger partial charge in [-0.15, -0.1) is 0 Å². The minimum Gasteiger partial charge on any atom is -0.365 e. The fourth-order valence-corrected chi connectivity index (χ4v) is 4.22. The smallest absolute Gasteiger partial charge is 0.322 e. The molecule has 1 aromatic heterocycles. The molecule has 2 fully saturated rings. The molecular formula is C21H22F2N6O3. The number of aromatic nitrogens is 2. The lowest BCUT2D eigenvalue weighted by Crippen LogP contribution is -2.54. The predicted octanol–water partition coefficient (Wildman–Crippen LogP) is 1.31. The van der Waals surface area contributed by atoms with Crippen LogP contribution in [0.1, 0.15) is 25.5 Å². The van der Waals surface area contributed by atoms with Crippen molar-refractivity contribution in [1.29, 1.82) is 0 Å². The molecule has 4 rings (SSSR count). The van der Waals surface area contributed by atoms with E-state index < -0.39 is 29.1 Å². The summed E-state index contributed by atoms with van der Waals surface area (Å²) in [6.45, 7) is 2.99. The number of halogens is 2. The predicted molar refractivity (Wildman–Crippen MR) is 109 cm³/mol. The van der Waals surface area contributed by atoms with Crippen molar-refractivity contribution >= 4 is 23.5 Å². The minimum absolute atomic E-state index is 0.00835. The zero-order chi connectivity index (χ0) is 22.9. The van der Waals surface area contributed by atoms with Gasteiger partial charge in [-0.3, -0.25) is 24.9 Å². The molecule has 2 aromatic rings. The highest BCUT2D eigenvalue weighted by Gasteiger charge is 2.49. The van der Waals surface area contributed by atoms with Crippen LogP contribution in [0.3, 0.4) is 0 Å². The maximum absolute atomic E-state index is 13.6. The van der Waals surface area contributed by atoms with E-state index in [0.717, 1.165) is 6.07 Å². The van der Waals surface area contributed by atoms with Crippen LogP contribution in [0.15, 0.2) is 36.8 Å². The first kappa shape index (κ1) is 21.6. The average Bonchev–Trinajstić information content (AvgIpc) is 3.05. The minimum atomic E-state index is -1.46. The number of imide groups is 1. The van der Waals surface area contributed by atoms with E-state index in [1.165, 1.54) is 30.7 Å². The highest BCUT2D eigenvalue weighted by Crippen LogP contribution is 2.29. The summed E-state index contributed by atoms with van der Waals surface area (Å²) in [7, 11) is 0. The van der Waals surface area contributed by atoms with Gasteiger partial charge in [0.25, 0.3) is 5.91 Å². The molecule has 0 aliphatic carbocycles. The quantitative estimate of drug-likeness (QED) is 0.674. The number of nitrogens with zero attached hydrogens (tertiary/aromatic N) is 4. The van der Waals surface area contributed by atoms with Crippen LogP contribution in [0.5, 0.6) is 0 Å². The third-order valence-electron chi connectivity index (χ3n) is 5.82. The van der Waals surface area contributed by atoms with Crippen LogP contribution in [-0.4, -0.2) is 58.4 Å². The fraction of sp³-hybridized carbons (Fsp3) is 0.381. The van der Waals surface area contributed by atoms with Crippen molar-refractivity contribution in [2.45, 2.75) is 31.3 Å². The van der Waals surface area contributed by atoms with Crippen molar-refractivity contribution in [3.05, 3.63) is 54.1 Å². The Kier molecular flexibility index (Phi) is 5.72. The van der Waals surface area contributed by atoms with Crippen molar-refractivity contribution in [3.63, 3.8) is 0 Å². The number of urea groups is 1. The number of piperazine rings is 1. The molecule has 0 radical (unpaired) electrons. The monoisotopic (exact) mass is 444 g/mol. The van der Waals surface area contributed by atoms with E-state index in [0.29, 0.717) is 25.3 Å². The molecule has 168 valence electrons. The largest absolute Gasteiger partial charge is 0.365 e. The van der Waals surface area contributed by atoms with Crippen molar-refractivity contribution in [2.75, 3.05) is 24.5 Å². The van der Waals surface area contributed by atoms with E-state index in [9.17, 15) is 23.2 Å². The summed E-state index contributed by atoms with van der Waals surface area (Å²) in [5.41, 5.74) is -0.787. The van der Waals surface area contributed by atoms with Gasteiger partial charge in [0.05, 0.1) is 11.9 Å². The van der Waals surface area contributed by atoms with Gasteiger partial charge in [0.1, 0.15) is 11.6 Å². The molecule has 32 heavy (non-hydrogen) atoms. The Labute approximate surface area is 182 Å². The van der Waals surface area contributed by atoms with Crippen LogP contribution >= 0.6 is 0 Å². The molecule has 2 saturated heterocycles. The van der Waals surface area contributed by atoms with Gasteiger partial charge in [-0.2, -0.15) is 0 Å². The molecule has 1 unspecified atom stereocenters. The number of hydrogen-bond donors (Lipinski definition) is 2. The Hall–Kier alpha value is -3.63. The molecule has 0 spiro atoms. The van der Waals surface area contributed by atoms with Gasteiger partial charge < -0.3 is 15.1 Å². The van der Waals surface area contributed by atoms with E-state index in [4.69, 9.17) is 0 Å². The Morgan fingerprint density at radius 1 is 1.19 bits per heavy atom. The third kappa shape index (κ3) is 4.10. The van der Waals surface area contributed by atoms with E-state index in [1.807, 2.05) is 11.8 Å². The first-order valence-corrected chi connectivity index (χ1v) is 10.2. The van der Waals surface area contributed by atoms with Crippen LogP contribution in [-0.2, 0) is 15.1 Å². The fourth-order valence-electron chi connectivity index (χ4n) is 4.22. The number of benzene rings is 1. The van der Waals surface area contributed by atoms with Crippen molar-refractivity contribution < 1.29 is 23.2 Å². The van der Waals surface area contributed by atoms with Gasteiger partial charge in [-0.25, -0.2) is 13.6 Å². The summed E-state index contributed by atoms with van der Waals surface area (Å²) in [4.78, 5) is 48.9. The Morgan fingerprint density at radius 2 is 1.94 bits per heavy atom. The van der Waals surface area contributed by atoms with Crippen molar-refractivity contribution in [1.82, 2.24) is 25.5 Å². The molecule has 3 heterocycles. The second-order valence-corrected chi connectivity index (χ2v) is 7.91. The molecule has 4 amide bonds. The molecule has 2 aliphatic heterocycles. The summed E-state index contributed by atoms with van der Waals surface area (Å²) in [6, 6.07) is 2.53. The van der Waals surface area contributed by atoms with Gasteiger partial charge in [0.2, 0.25) is 5.91 Å². The van der Waals surface area contributed by atoms with Gasteiger partial charge in [0.15, 0.2) is 5.54 Å². The Bertz CT molecular complexity index is 1030. The lowest BCUT2D eigenvalue weighted by Gasteiger charge is -2.41. The number of rotatable bonds is 5. The molecule has 2 N–H and O–H groups in total. The first-order valence-electron chi connectivity index (χ1n) is 10.2. The molecule has 11 heteroatoms. The number of nitrogens with one attached hydrogen (secondary N) is 2. The lowest BCUT2D eigenvalue weighted by molar-refractivity contribution is -0.133. The Morgan fingerprint density at radius 3 is 2.53 bits per heavy atom. The molecule has 2 aliphatic rings. The van der Waals surface area contributed by atoms with Crippen LogP contribution in [0.25, 0.3) is 0 Å². The summed E-state index contributed by atoms with van der Waals surface area (Å²) >= 11 is 0. The molecule has 0 bridgehead atoms. The highest BCUT2D eigenvalue weighted by atomic mass is 19.1. The van der Waals surface area contributed by atoms with Crippen molar-refractivity contribution in [3.8, 4) is 0 Å². The molecule has 2 atom stereocenters. The van der Waals surface area contributed by atoms with Gasteiger partial charge in [0, 0.05) is 56.2 Å². The van der Waals surface area contributed by atoms with E-state index >= 15 is 0 Å². The summed E-state index contributed by atoms with van der Waals surface area (Å²) < 4.78 is 27.2. The highest BCUT2D eigenvalue weighted by molar-refractivity contribution is 6.07. The molecular weight excluding hydrogens is 422 g/mol. The average molecular weight is 444 g/mol. The van der Waals surface area contributed by atoms with Gasteiger partial charge in [-0.05, 0) is 25.5 Å². The normalized spacial score (nSPS) is 23.2. The van der Waals surface area contributed by atoms with Gasteiger partial charge in [-0.1, -0.05) is 0 Å². The topological polar surface area (TPSA) is 108 Å². The molecule has 0 saturated carbocycles. The standard InChI is InChI=1S/C21H22F2N6O3/c1-13-12-28(6-7-29(13)16-9-14(22)8-15(23)10-16)18(30)2-3-21(17-11-24-4-5-25-17)19(31)26-20(32)27-21/h4-5,8-11,13H,2-3,6-7,12H2,1H3,(H2,26,27,31,32)/t13-,21?/m0/s1. The van der Waals surface area contributed by atoms with E-state index in [1.54, 1.807) is 4.90 Å². The number of carbonyl (C=O) groups excluding carboxylic acids is 3. The van der Waals surface area contributed by atoms with Gasteiger partial charge >= 0.3 is 6.03 Å².